The van der Waals surface area contributed by atoms with Gasteiger partial charge in [0.05, 0.1) is 5.02 Å². The number of benzene rings is 1. The second-order valence-corrected chi connectivity index (χ2v) is 5.64. The average Bonchev–Trinajstić information content (AvgIpc) is 2.47. The molecule has 1 aromatic carbocycles. The second kappa shape index (κ2) is 5.89. The molecule has 3 rings (SSSR count). The van der Waals surface area contributed by atoms with Crippen molar-refractivity contribution in [3.05, 3.63) is 45.5 Å². The molecule has 0 spiro atoms. The van der Waals surface area contributed by atoms with Gasteiger partial charge in [-0.3, -0.25) is 0 Å². The summed E-state index contributed by atoms with van der Waals surface area (Å²) in [4.78, 5) is 4.26. The van der Waals surface area contributed by atoms with Crippen molar-refractivity contribution in [1.29, 1.82) is 0 Å². The fourth-order valence-corrected chi connectivity index (χ4v) is 2.46. The third-order valence-electron chi connectivity index (χ3n) is 2.86. The minimum Gasteiger partial charge on any atom is -0.486 e. The Morgan fingerprint density at radius 1 is 1.25 bits per heavy atom. The number of nitrogens with one attached hydrogen (secondary N) is 1. The van der Waals surface area contributed by atoms with Crippen LogP contribution in [0.5, 0.6) is 11.5 Å². The van der Waals surface area contributed by atoms with Crippen molar-refractivity contribution in [2.45, 2.75) is 6.54 Å². The number of nitrogens with zero attached hydrogens (tertiary/aromatic N) is 1. The number of rotatable bonds is 3. The van der Waals surface area contributed by atoms with E-state index in [-0.39, 0.29) is 0 Å². The van der Waals surface area contributed by atoms with E-state index in [1.165, 1.54) is 0 Å². The maximum absolute atomic E-state index is 6.20. The summed E-state index contributed by atoms with van der Waals surface area (Å²) in [5, 5.41) is 3.81. The summed E-state index contributed by atoms with van der Waals surface area (Å²) in [7, 11) is 0. The van der Waals surface area contributed by atoms with E-state index in [9.17, 15) is 0 Å². The summed E-state index contributed by atoms with van der Waals surface area (Å²) in [6.07, 6.45) is 1.75. The maximum Gasteiger partial charge on any atom is 0.179 e. The Bertz CT molecular complexity index is 619. The Balaban J connectivity index is 1.74. The SMILES string of the molecule is Clc1cc(CNc2ccc(Br)cn2)cc2c1OCCO2. The van der Waals surface area contributed by atoms with Gasteiger partial charge >= 0.3 is 0 Å². The Morgan fingerprint density at radius 3 is 2.90 bits per heavy atom. The molecular formula is C14H12BrClN2O2. The van der Waals surface area contributed by atoms with Gasteiger partial charge in [0.15, 0.2) is 11.5 Å². The van der Waals surface area contributed by atoms with E-state index < -0.39 is 0 Å². The minimum atomic E-state index is 0.535. The van der Waals surface area contributed by atoms with E-state index in [1.54, 1.807) is 6.20 Å². The van der Waals surface area contributed by atoms with Gasteiger partial charge in [-0.25, -0.2) is 4.98 Å². The summed E-state index contributed by atoms with van der Waals surface area (Å²) < 4.78 is 12.0. The van der Waals surface area contributed by atoms with Gasteiger partial charge in [-0.1, -0.05) is 11.6 Å². The van der Waals surface area contributed by atoms with Gasteiger partial charge in [-0.2, -0.15) is 0 Å². The number of halogens is 2. The quantitative estimate of drug-likeness (QED) is 0.907. The number of aromatic nitrogens is 1. The third kappa shape index (κ3) is 2.99. The van der Waals surface area contributed by atoms with E-state index in [0.717, 1.165) is 15.9 Å². The summed E-state index contributed by atoms with van der Waals surface area (Å²) in [6, 6.07) is 7.66. The standard InChI is InChI=1S/C14H12BrClN2O2/c15-10-1-2-13(18-8-10)17-7-9-5-11(16)14-12(6-9)19-3-4-20-14/h1-2,5-6,8H,3-4,7H2,(H,17,18). The van der Waals surface area contributed by atoms with Crippen LogP contribution in [0.1, 0.15) is 5.56 Å². The first-order valence-corrected chi connectivity index (χ1v) is 7.33. The molecular weight excluding hydrogens is 344 g/mol. The highest BCUT2D eigenvalue weighted by atomic mass is 79.9. The second-order valence-electron chi connectivity index (χ2n) is 4.32. The van der Waals surface area contributed by atoms with E-state index in [1.807, 2.05) is 24.3 Å². The van der Waals surface area contributed by atoms with E-state index >= 15 is 0 Å². The van der Waals surface area contributed by atoms with Gasteiger partial charge < -0.3 is 14.8 Å². The molecule has 1 N–H and O–H groups in total. The van der Waals surface area contributed by atoms with Gasteiger partial charge in [0.25, 0.3) is 0 Å². The van der Waals surface area contributed by atoms with Crippen LogP contribution >= 0.6 is 27.5 Å². The van der Waals surface area contributed by atoms with Crippen LogP contribution < -0.4 is 14.8 Å². The molecule has 1 aromatic heterocycles. The lowest BCUT2D eigenvalue weighted by Gasteiger charge is -2.20. The molecule has 0 saturated heterocycles. The van der Waals surface area contributed by atoms with Crippen molar-refractivity contribution < 1.29 is 9.47 Å². The zero-order valence-electron chi connectivity index (χ0n) is 10.5. The van der Waals surface area contributed by atoms with Gasteiger partial charge in [-0.05, 0) is 45.8 Å². The molecule has 0 amide bonds. The van der Waals surface area contributed by atoms with Gasteiger partial charge in [0.2, 0.25) is 0 Å². The van der Waals surface area contributed by atoms with Crippen molar-refractivity contribution in [3.63, 3.8) is 0 Å². The fraction of sp³-hybridized carbons (Fsp3) is 0.214. The van der Waals surface area contributed by atoms with Gasteiger partial charge in [0, 0.05) is 17.2 Å². The Hall–Kier alpha value is -1.46. The highest BCUT2D eigenvalue weighted by Crippen LogP contribution is 2.38. The number of anilines is 1. The number of fused-ring (bicyclic) bond motifs is 1. The molecule has 0 unspecified atom stereocenters. The van der Waals surface area contributed by atoms with Gasteiger partial charge in [0.1, 0.15) is 19.0 Å². The Morgan fingerprint density at radius 2 is 2.10 bits per heavy atom. The highest BCUT2D eigenvalue weighted by Gasteiger charge is 2.16. The van der Waals surface area contributed by atoms with Crippen LogP contribution in [-0.4, -0.2) is 18.2 Å². The van der Waals surface area contributed by atoms with E-state index in [0.29, 0.717) is 36.3 Å². The molecule has 6 heteroatoms. The summed E-state index contributed by atoms with van der Waals surface area (Å²) in [5.74, 6) is 2.13. The third-order valence-corrected chi connectivity index (χ3v) is 3.61. The topological polar surface area (TPSA) is 43.4 Å². The number of hydrogen-bond donors (Lipinski definition) is 1. The molecule has 1 aliphatic heterocycles. The molecule has 0 saturated carbocycles. The number of pyridine rings is 1. The predicted octanol–water partition coefficient (Wildman–Crippen LogP) is 3.88. The molecule has 1 aliphatic rings. The van der Waals surface area contributed by atoms with Crippen LogP contribution in [0.25, 0.3) is 0 Å². The molecule has 0 atom stereocenters. The molecule has 104 valence electrons. The zero-order chi connectivity index (χ0) is 13.9. The van der Waals surface area contributed by atoms with Crippen molar-refractivity contribution in [1.82, 2.24) is 4.98 Å². The van der Waals surface area contributed by atoms with E-state index in [2.05, 4.69) is 26.2 Å². The summed E-state index contributed by atoms with van der Waals surface area (Å²) in [6.45, 7) is 1.70. The summed E-state index contributed by atoms with van der Waals surface area (Å²) in [5.41, 5.74) is 1.02. The Kier molecular flexibility index (Phi) is 3.98. The fourth-order valence-electron chi connectivity index (χ4n) is 1.94. The molecule has 2 heterocycles. The van der Waals surface area contributed by atoms with Crippen LogP contribution in [0.4, 0.5) is 5.82 Å². The average molecular weight is 356 g/mol. The predicted molar refractivity (Wildman–Crippen MR) is 81.7 cm³/mol. The van der Waals surface area contributed by atoms with Crippen LogP contribution in [0.3, 0.4) is 0 Å². The highest BCUT2D eigenvalue weighted by molar-refractivity contribution is 9.10. The van der Waals surface area contributed by atoms with Crippen molar-refractivity contribution in [2.24, 2.45) is 0 Å². The smallest absolute Gasteiger partial charge is 0.179 e. The normalized spacial score (nSPS) is 13.1. The first-order valence-electron chi connectivity index (χ1n) is 6.16. The molecule has 0 bridgehead atoms. The summed E-state index contributed by atoms with van der Waals surface area (Å²) >= 11 is 9.55. The number of ether oxygens (including phenoxy) is 2. The largest absolute Gasteiger partial charge is 0.486 e. The monoisotopic (exact) mass is 354 g/mol. The first kappa shape index (κ1) is 13.5. The lowest BCUT2D eigenvalue weighted by Crippen LogP contribution is -2.16. The molecule has 2 aromatic rings. The minimum absolute atomic E-state index is 0.535. The molecule has 4 nitrogen and oxygen atoms in total. The van der Waals surface area contributed by atoms with Crippen molar-refractivity contribution in [3.8, 4) is 11.5 Å². The zero-order valence-corrected chi connectivity index (χ0v) is 12.9. The van der Waals surface area contributed by atoms with Crippen LogP contribution in [0.15, 0.2) is 34.9 Å². The van der Waals surface area contributed by atoms with Crippen LogP contribution in [0.2, 0.25) is 5.02 Å². The number of hydrogen-bond acceptors (Lipinski definition) is 4. The van der Waals surface area contributed by atoms with Crippen molar-refractivity contribution in [2.75, 3.05) is 18.5 Å². The van der Waals surface area contributed by atoms with Gasteiger partial charge in [-0.15, -0.1) is 0 Å². The van der Waals surface area contributed by atoms with E-state index in [4.69, 9.17) is 21.1 Å². The molecule has 20 heavy (non-hydrogen) atoms. The van der Waals surface area contributed by atoms with Crippen LogP contribution in [0, 0.1) is 0 Å². The maximum atomic E-state index is 6.20. The lowest BCUT2D eigenvalue weighted by molar-refractivity contribution is 0.171. The molecule has 0 radical (unpaired) electrons. The van der Waals surface area contributed by atoms with Crippen molar-refractivity contribution >= 4 is 33.3 Å². The molecule has 0 fully saturated rings. The first-order chi connectivity index (χ1) is 9.72. The molecule has 0 aliphatic carbocycles. The lowest BCUT2D eigenvalue weighted by atomic mass is 10.2. The Labute approximate surface area is 130 Å². The van der Waals surface area contributed by atoms with Crippen LogP contribution in [-0.2, 0) is 6.54 Å².